The minimum Gasteiger partial charge on any atom is -0.466 e. The molecule has 1 heterocycles. The molecule has 0 aromatic carbocycles. The van der Waals surface area contributed by atoms with Crippen LogP contribution in [0.1, 0.15) is 41.1 Å². The van der Waals surface area contributed by atoms with Crippen LogP contribution in [0.25, 0.3) is 0 Å². The van der Waals surface area contributed by atoms with Gasteiger partial charge in [-0.05, 0) is 39.2 Å². The van der Waals surface area contributed by atoms with Gasteiger partial charge in [-0.2, -0.15) is 0 Å². The zero-order valence-electron chi connectivity index (χ0n) is 10.3. The predicted molar refractivity (Wildman–Crippen MR) is 67.6 cm³/mol. The Kier molecular flexibility index (Phi) is 3.77. The fourth-order valence-electron chi connectivity index (χ4n) is 2.24. The Morgan fingerprint density at radius 1 is 1.53 bits per heavy atom. The molecule has 4 heteroatoms. The summed E-state index contributed by atoms with van der Waals surface area (Å²) in [7, 11) is 0. The molecule has 1 saturated carbocycles. The zero-order valence-corrected chi connectivity index (χ0v) is 11.1. The molecule has 1 aromatic rings. The maximum Gasteiger partial charge on any atom is 0.257 e. The van der Waals surface area contributed by atoms with Crippen LogP contribution in [-0.4, -0.2) is 29.3 Å². The van der Waals surface area contributed by atoms with Gasteiger partial charge >= 0.3 is 0 Å². The number of alkyl halides is 1. The number of hydrogen-bond acceptors (Lipinski definition) is 2. The quantitative estimate of drug-likeness (QED) is 0.775. The molecule has 0 bridgehead atoms. The van der Waals surface area contributed by atoms with Gasteiger partial charge in [0.2, 0.25) is 0 Å². The Labute approximate surface area is 107 Å². The Morgan fingerprint density at radius 2 is 2.24 bits per heavy atom. The fraction of sp³-hybridized carbons (Fsp3) is 0.615. The molecule has 1 aliphatic rings. The Morgan fingerprint density at radius 3 is 2.65 bits per heavy atom. The number of aryl methyl sites for hydroxylation is 2. The number of carbonyl (C=O) groups is 1. The third-order valence-electron chi connectivity index (χ3n) is 3.37. The number of furan rings is 1. The molecule has 3 nitrogen and oxygen atoms in total. The Bertz CT molecular complexity index is 410. The average Bonchev–Trinajstić information content (AvgIpc) is 2.53. The maximum absolute atomic E-state index is 12.4. The summed E-state index contributed by atoms with van der Waals surface area (Å²) in [6, 6.07) is 2.19. The molecule has 0 radical (unpaired) electrons. The summed E-state index contributed by atoms with van der Waals surface area (Å²) in [6.07, 6.45) is 3.40. The van der Waals surface area contributed by atoms with E-state index in [1.165, 1.54) is 6.42 Å². The highest BCUT2D eigenvalue weighted by molar-refractivity contribution is 6.18. The molecule has 2 rings (SSSR count). The summed E-state index contributed by atoms with van der Waals surface area (Å²) in [6.45, 7) is 4.31. The van der Waals surface area contributed by atoms with E-state index >= 15 is 0 Å². The largest absolute Gasteiger partial charge is 0.466 e. The van der Waals surface area contributed by atoms with E-state index in [0.29, 0.717) is 29.8 Å². The maximum atomic E-state index is 12.4. The molecular formula is C13H18ClNO2. The highest BCUT2D eigenvalue weighted by Crippen LogP contribution is 2.27. The van der Waals surface area contributed by atoms with Gasteiger partial charge in [-0.3, -0.25) is 4.79 Å². The molecule has 1 fully saturated rings. The van der Waals surface area contributed by atoms with Gasteiger partial charge in [0, 0.05) is 18.5 Å². The van der Waals surface area contributed by atoms with Crippen LogP contribution < -0.4 is 0 Å². The number of carbonyl (C=O) groups excluding carboxylic acids is 1. The van der Waals surface area contributed by atoms with Crippen LogP contribution in [0.5, 0.6) is 0 Å². The van der Waals surface area contributed by atoms with Crippen molar-refractivity contribution in [1.29, 1.82) is 0 Å². The molecule has 0 spiro atoms. The smallest absolute Gasteiger partial charge is 0.257 e. The Balaban J connectivity index is 2.17. The topological polar surface area (TPSA) is 33.5 Å². The third-order valence-corrected chi connectivity index (χ3v) is 3.54. The molecular weight excluding hydrogens is 238 g/mol. The van der Waals surface area contributed by atoms with Gasteiger partial charge in [0.15, 0.2) is 0 Å². The van der Waals surface area contributed by atoms with Crippen molar-refractivity contribution in [2.45, 2.75) is 39.2 Å². The normalized spacial score (nSPS) is 15.7. The number of amides is 1. The molecule has 0 unspecified atom stereocenters. The van der Waals surface area contributed by atoms with Gasteiger partial charge in [-0.15, -0.1) is 11.6 Å². The highest BCUT2D eigenvalue weighted by Gasteiger charge is 2.30. The van der Waals surface area contributed by atoms with E-state index < -0.39 is 0 Å². The van der Waals surface area contributed by atoms with Crippen molar-refractivity contribution in [3.05, 3.63) is 23.2 Å². The van der Waals surface area contributed by atoms with Gasteiger partial charge in [0.05, 0.1) is 5.56 Å². The van der Waals surface area contributed by atoms with E-state index in [0.717, 1.165) is 18.6 Å². The van der Waals surface area contributed by atoms with E-state index in [1.54, 1.807) is 0 Å². The Hall–Kier alpha value is -0.960. The predicted octanol–water partition coefficient (Wildman–Crippen LogP) is 3.13. The van der Waals surface area contributed by atoms with Gasteiger partial charge in [-0.25, -0.2) is 0 Å². The summed E-state index contributed by atoms with van der Waals surface area (Å²) in [4.78, 5) is 14.3. The number of halogens is 1. The second-order valence-electron chi connectivity index (χ2n) is 4.60. The fourth-order valence-corrected chi connectivity index (χ4v) is 2.42. The van der Waals surface area contributed by atoms with Crippen molar-refractivity contribution in [1.82, 2.24) is 4.90 Å². The first-order chi connectivity index (χ1) is 8.13. The number of rotatable bonds is 4. The van der Waals surface area contributed by atoms with Crippen LogP contribution in [0, 0.1) is 13.8 Å². The lowest BCUT2D eigenvalue weighted by molar-refractivity contribution is 0.0596. The first-order valence-electron chi connectivity index (χ1n) is 6.07. The highest BCUT2D eigenvalue weighted by atomic mass is 35.5. The van der Waals surface area contributed by atoms with E-state index in [-0.39, 0.29) is 5.91 Å². The number of hydrogen-bond donors (Lipinski definition) is 0. The van der Waals surface area contributed by atoms with Crippen molar-refractivity contribution in [2.75, 3.05) is 12.4 Å². The SMILES string of the molecule is Cc1cc(C(=O)N(CCCl)C2CCC2)c(C)o1. The van der Waals surface area contributed by atoms with Crippen LogP contribution in [0.2, 0.25) is 0 Å². The molecule has 94 valence electrons. The molecule has 1 amide bonds. The minimum atomic E-state index is 0.0599. The zero-order chi connectivity index (χ0) is 12.4. The van der Waals surface area contributed by atoms with E-state index in [1.807, 2.05) is 24.8 Å². The van der Waals surface area contributed by atoms with E-state index in [9.17, 15) is 4.79 Å². The van der Waals surface area contributed by atoms with E-state index in [2.05, 4.69) is 0 Å². The van der Waals surface area contributed by atoms with Crippen LogP contribution in [0.15, 0.2) is 10.5 Å². The summed E-state index contributed by atoms with van der Waals surface area (Å²) < 4.78 is 5.41. The molecule has 0 atom stereocenters. The van der Waals surface area contributed by atoms with Gasteiger partial charge in [0.1, 0.15) is 11.5 Å². The lowest BCUT2D eigenvalue weighted by Gasteiger charge is -2.37. The molecule has 17 heavy (non-hydrogen) atoms. The minimum absolute atomic E-state index is 0.0599. The van der Waals surface area contributed by atoms with Crippen LogP contribution in [-0.2, 0) is 0 Å². The third kappa shape index (κ3) is 2.49. The van der Waals surface area contributed by atoms with E-state index in [4.69, 9.17) is 16.0 Å². The number of nitrogens with zero attached hydrogens (tertiary/aromatic N) is 1. The van der Waals surface area contributed by atoms with Crippen molar-refractivity contribution in [2.24, 2.45) is 0 Å². The van der Waals surface area contributed by atoms with Crippen molar-refractivity contribution >= 4 is 17.5 Å². The van der Waals surface area contributed by atoms with Crippen LogP contribution >= 0.6 is 11.6 Å². The van der Waals surface area contributed by atoms with Gasteiger partial charge < -0.3 is 9.32 Å². The van der Waals surface area contributed by atoms with Crippen LogP contribution in [0.3, 0.4) is 0 Å². The molecule has 0 saturated heterocycles. The summed E-state index contributed by atoms with van der Waals surface area (Å²) in [5.74, 6) is 2.03. The first kappa shape index (κ1) is 12.5. The van der Waals surface area contributed by atoms with Gasteiger partial charge in [-0.1, -0.05) is 0 Å². The van der Waals surface area contributed by atoms with Crippen molar-refractivity contribution in [3.63, 3.8) is 0 Å². The standard InChI is InChI=1S/C13H18ClNO2/c1-9-8-12(10(2)17-9)13(16)15(7-6-14)11-4-3-5-11/h8,11H,3-7H2,1-2H3. The second-order valence-corrected chi connectivity index (χ2v) is 4.98. The lowest BCUT2D eigenvalue weighted by Crippen LogP contribution is -2.45. The molecule has 1 aromatic heterocycles. The first-order valence-corrected chi connectivity index (χ1v) is 6.61. The molecule has 0 aliphatic heterocycles. The van der Waals surface area contributed by atoms with Gasteiger partial charge in [0.25, 0.3) is 5.91 Å². The monoisotopic (exact) mass is 255 g/mol. The summed E-state index contributed by atoms with van der Waals surface area (Å²) in [5.41, 5.74) is 0.680. The van der Waals surface area contributed by atoms with Crippen molar-refractivity contribution < 1.29 is 9.21 Å². The van der Waals surface area contributed by atoms with Crippen molar-refractivity contribution in [3.8, 4) is 0 Å². The average molecular weight is 256 g/mol. The lowest BCUT2D eigenvalue weighted by atomic mass is 9.91. The molecule has 0 N–H and O–H groups in total. The molecule has 1 aliphatic carbocycles. The summed E-state index contributed by atoms with van der Waals surface area (Å²) in [5, 5.41) is 0. The van der Waals surface area contributed by atoms with Crippen LogP contribution in [0.4, 0.5) is 0 Å². The summed E-state index contributed by atoms with van der Waals surface area (Å²) >= 11 is 5.78. The second kappa shape index (κ2) is 5.13.